The Kier molecular flexibility index (Phi) is 3.49. The quantitative estimate of drug-likeness (QED) is 0.886. The number of rotatable bonds is 2. The molecule has 0 saturated carbocycles. The zero-order chi connectivity index (χ0) is 15.1. The summed E-state index contributed by atoms with van der Waals surface area (Å²) in [6.45, 7) is 6.15. The van der Waals surface area contributed by atoms with Gasteiger partial charge in [0.05, 0.1) is 10.6 Å². The Labute approximate surface area is 129 Å². The fraction of sp³-hybridized carbons (Fsp3) is 0.353. The minimum atomic E-state index is -0.0654. The Bertz CT molecular complexity index is 703. The summed E-state index contributed by atoms with van der Waals surface area (Å²) in [6, 6.07) is 8.44. The van der Waals surface area contributed by atoms with Gasteiger partial charge in [0.2, 0.25) is 0 Å². The van der Waals surface area contributed by atoms with Crippen LogP contribution < -0.4 is 11.1 Å². The molecule has 3 nitrogen and oxygen atoms in total. The first-order chi connectivity index (χ1) is 9.99. The number of carbonyl (C=O) groups excluding carboxylic acids is 1. The summed E-state index contributed by atoms with van der Waals surface area (Å²) >= 11 is 1.56. The van der Waals surface area contributed by atoms with Gasteiger partial charge in [0.1, 0.15) is 0 Å². The molecule has 2 aromatic rings. The highest BCUT2D eigenvalue weighted by atomic mass is 32.1. The second kappa shape index (κ2) is 5.19. The van der Waals surface area contributed by atoms with E-state index in [-0.39, 0.29) is 11.9 Å². The van der Waals surface area contributed by atoms with Crippen LogP contribution in [0.25, 0.3) is 11.1 Å². The lowest BCUT2D eigenvalue weighted by atomic mass is 9.82. The zero-order valence-corrected chi connectivity index (χ0v) is 13.4. The fourth-order valence-electron chi connectivity index (χ4n) is 3.03. The number of nitrogens with one attached hydrogen (secondary N) is 1. The molecule has 0 bridgehead atoms. The minimum absolute atomic E-state index is 0.0654. The van der Waals surface area contributed by atoms with Crippen LogP contribution in [0.1, 0.15) is 47.5 Å². The molecule has 1 unspecified atom stereocenters. The van der Waals surface area contributed by atoms with Gasteiger partial charge in [0.15, 0.2) is 0 Å². The van der Waals surface area contributed by atoms with Crippen molar-refractivity contribution in [1.29, 1.82) is 0 Å². The number of hydrogen-bond acceptors (Lipinski definition) is 3. The molecule has 1 aliphatic rings. The SMILES string of the molecule is CC(C)NC(=O)c1c(N)sc2c1-c1ccccc1C(C)C2. The lowest BCUT2D eigenvalue weighted by Crippen LogP contribution is -2.30. The highest BCUT2D eigenvalue weighted by Crippen LogP contribution is 2.47. The molecule has 0 spiro atoms. The number of amides is 1. The number of hydrogen-bond donors (Lipinski definition) is 2. The van der Waals surface area contributed by atoms with E-state index in [0.29, 0.717) is 16.5 Å². The molecule has 1 amide bonds. The van der Waals surface area contributed by atoms with Gasteiger partial charge >= 0.3 is 0 Å². The van der Waals surface area contributed by atoms with Crippen LogP contribution in [0.3, 0.4) is 0 Å². The molecule has 3 rings (SSSR count). The second-order valence-electron chi connectivity index (χ2n) is 5.96. The highest BCUT2D eigenvalue weighted by Gasteiger charge is 2.30. The molecule has 1 heterocycles. The monoisotopic (exact) mass is 300 g/mol. The summed E-state index contributed by atoms with van der Waals surface area (Å²) in [5, 5.41) is 3.59. The molecule has 0 aliphatic heterocycles. The lowest BCUT2D eigenvalue weighted by molar-refractivity contribution is 0.0945. The van der Waals surface area contributed by atoms with Crippen molar-refractivity contribution >= 4 is 22.2 Å². The smallest absolute Gasteiger partial charge is 0.255 e. The van der Waals surface area contributed by atoms with Gasteiger partial charge in [-0.1, -0.05) is 31.2 Å². The van der Waals surface area contributed by atoms with E-state index in [1.807, 2.05) is 19.9 Å². The van der Waals surface area contributed by atoms with Crippen LogP contribution in [-0.4, -0.2) is 11.9 Å². The number of anilines is 1. The van der Waals surface area contributed by atoms with E-state index in [9.17, 15) is 4.79 Å². The summed E-state index contributed by atoms with van der Waals surface area (Å²) in [7, 11) is 0. The summed E-state index contributed by atoms with van der Waals surface area (Å²) in [5.41, 5.74) is 10.3. The standard InChI is InChI=1S/C17H20N2OS/c1-9(2)19-17(20)15-14-12-7-5-4-6-11(12)10(3)8-13(14)21-16(15)18/h4-7,9-10H,8,18H2,1-3H3,(H,19,20). The Morgan fingerprint density at radius 2 is 2.10 bits per heavy atom. The molecule has 1 aliphatic carbocycles. The van der Waals surface area contributed by atoms with E-state index >= 15 is 0 Å². The van der Waals surface area contributed by atoms with E-state index in [2.05, 4.69) is 30.4 Å². The van der Waals surface area contributed by atoms with Crippen molar-refractivity contribution in [2.24, 2.45) is 0 Å². The van der Waals surface area contributed by atoms with Crippen molar-refractivity contribution < 1.29 is 4.79 Å². The molecule has 110 valence electrons. The summed E-state index contributed by atoms with van der Waals surface area (Å²) < 4.78 is 0. The zero-order valence-electron chi connectivity index (χ0n) is 12.6. The van der Waals surface area contributed by atoms with E-state index < -0.39 is 0 Å². The van der Waals surface area contributed by atoms with Gasteiger partial charge in [0, 0.05) is 16.5 Å². The Morgan fingerprint density at radius 3 is 2.81 bits per heavy atom. The Hall–Kier alpha value is -1.81. The number of nitrogen functional groups attached to an aromatic ring is 1. The average Bonchev–Trinajstić information content (AvgIpc) is 2.74. The van der Waals surface area contributed by atoms with Crippen molar-refractivity contribution in [2.45, 2.75) is 39.2 Å². The lowest BCUT2D eigenvalue weighted by Gasteiger charge is -2.23. The first kappa shape index (κ1) is 14.1. The van der Waals surface area contributed by atoms with Gasteiger partial charge in [0.25, 0.3) is 5.91 Å². The molecular weight excluding hydrogens is 280 g/mol. The fourth-order valence-corrected chi connectivity index (χ4v) is 4.24. The third-order valence-electron chi connectivity index (χ3n) is 3.91. The topological polar surface area (TPSA) is 55.1 Å². The first-order valence-electron chi connectivity index (χ1n) is 7.30. The van der Waals surface area contributed by atoms with Gasteiger partial charge in [-0.05, 0) is 37.3 Å². The highest BCUT2D eigenvalue weighted by molar-refractivity contribution is 7.17. The van der Waals surface area contributed by atoms with Crippen molar-refractivity contribution in [1.82, 2.24) is 5.32 Å². The molecule has 3 N–H and O–H groups in total. The summed E-state index contributed by atoms with van der Waals surface area (Å²) in [5.74, 6) is 0.400. The van der Waals surface area contributed by atoms with Gasteiger partial charge in [-0.3, -0.25) is 4.79 Å². The molecule has 1 atom stereocenters. The van der Waals surface area contributed by atoms with Crippen molar-refractivity contribution in [2.75, 3.05) is 5.73 Å². The predicted octanol–water partition coefficient (Wildman–Crippen LogP) is 3.80. The largest absolute Gasteiger partial charge is 0.390 e. The molecule has 0 saturated heterocycles. The number of carbonyl (C=O) groups is 1. The molecule has 1 aromatic carbocycles. The van der Waals surface area contributed by atoms with Crippen molar-refractivity contribution in [3.8, 4) is 11.1 Å². The third kappa shape index (κ3) is 2.33. The number of fused-ring (bicyclic) bond motifs is 3. The first-order valence-corrected chi connectivity index (χ1v) is 8.12. The van der Waals surface area contributed by atoms with Crippen LogP contribution in [-0.2, 0) is 6.42 Å². The number of thiophene rings is 1. The van der Waals surface area contributed by atoms with Crippen LogP contribution in [0.4, 0.5) is 5.00 Å². The van der Waals surface area contributed by atoms with E-state index in [1.165, 1.54) is 10.4 Å². The molecular formula is C17H20N2OS. The maximum atomic E-state index is 12.5. The van der Waals surface area contributed by atoms with E-state index in [1.54, 1.807) is 11.3 Å². The van der Waals surface area contributed by atoms with Gasteiger partial charge in [-0.25, -0.2) is 0 Å². The van der Waals surface area contributed by atoms with Crippen molar-refractivity contribution in [3.63, 3.8) is 0 Å². The van der Waals surface area contributed by atoms with Crippen LogP contribution in [0, 0.1) is 0 Å². The average molecular weight is 300 g/mol. The van der Waals surface area contributed by atoms with Crippen LogP contribution in [0.2, 0.25) is 0 Å². The maximum Gasteiger partial charge on any atom is 0.255 e. The van der Waals surface area contributed by atoms with Gasteiger partial charge < -0.3 is 11.1 Å². The maximum absolute atomic E-state index is 12.5. The summed E-state index contributed by atoms with van der Waals surface area (Å²) in [4.78, 5) is 13.7. The van der Waals surface area contributed by atoms with E-state index in [0.717, 1.165) is 17.5 Å². The van der Waals surface area contributed by atoms with Crippen LogP contribution in [0.15, 0.2) is 24.3 Å². The number of nitrogens with two attached hydrogens (primary N) is 1. The molecule has 0 radical (unpaired) electrons. The Balaban J connectivity index is 2.18. The molecule has 0 fully saturated rings. The normalized spacial score (nSPS) is 16.5. The van der Waals surface area contributed by atoms with Crippen molar-refractivity contribution in [3.05, 3.63) is 40.3 Å². The predicted molar refractivity (Wildman–Crippen MR) is 88.9 cm³/mol. The number of benzene rings is 1. The van der Waals surface area contributed by atoms with Gasteiger partial charge in [-0.15, -0.1) is 11.3 Å². The third-order valence-corrected chi connectivity index (χ3v) is 4.95. The Morgan fingerprint density at radius 1 is 1.38 bits per heavy atom. The minimum Gasteiger partial charge on any atom is -0.390 e. The second-order valence-corrected chi connectivity index (χ2v) is 7.10. The molecule has 21 heavy (non-hydrogen) atoms. The van der Waals surface area contributed by atoms with Gasteiger partial charge in [-0.2, -0.15) is 0 Å². The summed E-state index contributed by atoms with van der Waals surface area (Å²) in [6.07, 6.45) is 0.955. The molecule has 4 heteroatoms. The van der Waals surface area contributed by atoms with E-state index in [4.69, 9.17) is 5.73 Å². The van der Waals surface area contributed by atoms with Crippen LogP contribution >= 0.6 is 11.3 Å². The molecule has 1 aromatic heterocycles. The van der Waals surface area contributed by atoms with Crippen LogP contribution in [0.5, 0.6) is 0 Å².